The van der Waals surface area contributed by atoms with Gasteiger partial charge in [0.05, 0.1) is 21.7 Å². The van der Waals surface area contributed by atoms with Gasteiger partial charge >= 0.3 is 0 Å². The van der Waals surface area contributed by atoms with Crippen LogP contribution in [0.4, 0.5) is 10.3 Å². The minimum Gasteiger partial charge on any atom is -0.369 e. The fraction of sp³-hybridized carbons (Fsp3) is 0.0714. The van der Waals surface area contributed by atoms with Gasteiger partial charge in [-0.25, -0.2) is 9.37 Å². The van der Waals surface area contributed by atoms with Crippen molar-refractivity contribution in [1.82, 2.24) is 9.55 Å². The second kappa shape index (κ2) is 4.24. The molecule has 0 saturated carbocycles. The smallest absolute Gasteiger partial charge is 0.205 e. The molecule has 2 N–H and O–H groups in total. The Morgan fingerprint density at radius 3 is 2.79 bits per heavy atom. The summed E-state index contributed by atoms with van der Waals surface area (Å²) < 4.78 is 14.9. The molecule has 0 aliphatic rings. The summed E-state index contributed by atoms with van der Waals surface area (Å²) >= 11 is 6.22. The number of aryl methyl sites for hydroxylation is 1. The first-order chi connectivity index (χ1) is 9.08. The van der Waals surface area contributed by atoms with E-state index < -0.39 is 0 Å². The lowest BCUT2D eigenvalue weighted by molar-refractivity contribution is 0.626. The SMILES string of the molecule is Cc1cc(F)ccc1-n1c(N)nc2cccc(Cl)c21. The number of para-hydroxylation sites is 1. The fourth-order valence-corrected chi connectivity index (χ4v) is 2.47. The van der Waals surface area contributed by atoms with Gasteiger partial charge in [0, 0.05) is 0 Å². The van der Waals surface area contributed by atoms with Crippen LogP contribution in [0.1, 0.15) is 5.56 Å². The lowest BCUT2D eigenvalue weighted by Crippen LogP contribution is -2.03. The first kappa shape index (κ1) is 12.0. The second-order valence-corrected chi connectivity index (χ2v) is 4.75. The Morgan fingerprint density at radius 1 is 1.26 bits per heavy atom. The summed E-state index contributed by atoms with van der Waals surface area (Å²) in [4.78, 5) is 4.28. The first-order valence-corrected chi connectivity index (χ1v) is 6.14. The average Bonchev–Trinajstić information content (AvgIpc) is 2.67. The van der Waals surface area contributed by atoms with E-state index in [9.17, 15) is 4.39 Å². The number of nitrogens with zero attached hydrogens (tertiary/aromatic N) is 2. The van der Waals surface area contributed by atoms with Gasteiger partial charge in [-0.15, -0.1) is 0 Å². The van der Waals surface area contributed by atoms with Crippen LogP contribution in [0.2, 0.25) is 5.02 Å². The third-order valence-corrected chi connectivity index (χ3v) is 3.36. The Morgan fingerprint density at radius 2 is 2.05 bits per heavy atom. The lowest BCUT2D eigenvalue weighted by atomic mass is 10.2. The van der Waals surface area contributed by atoms with E-state index in [1.54, 1.807) is 16.7 Å². The lowest BCUT2D eigenvalue weighted by Gasteiger charge is -2.10. The molecule has 0 amide bonds. The van der Waals surface area contributed by atoms with E-state index in [1.807, 2.05) is 19.1 Å². The van der Waals surface area contributed by atoms with Crippen LogP contribution in [-0.4, -0.2) is 9.55 Å². The first-order valence-electron chi connectivity index (χ1n) is 5.77. The molecule has 3 aromatic rings. The van der Waals surface area contributed by atoms with Crippen molar-refractivity contribution < 1.29 is 4.39 Å². The van der Waals surface area contributed by atoms with Gasteiger partial charge in [0.1, 0.15) is 5.82 Å². The number of hydrogen-bond acceptors (Lipinski definition) is 2. The van der Waals surface area contributed by atoms with Crippen LogP contribution in [0.5, 0.6) is 0 Å². The Balaban J connectivity index is 2.39. The zero-order valence-corrected chi connectivity index (χ0v) is 10.9. The van der Waals surface area contributed by atoms with Gasteiger partial charge in [-0.2, -0.15) is 0 Å². The number of imidazole rings is 1. The molecule has 0 bridgehead atoms. The van der Waals surface area contributed by atoms with E-state index >= 15 is 0 Å². The maximum atomic E-state index is 13.2. The molecule has 1 aromatic heterocycles. The summed E-state index contributed by atoms with van der Waals surface area (Å²) in [5.41, 5.74) is 8.95. The molecule has 0 spiro atoms. The summed E-state index contributed by atoms with van der Waals surface area (Å²) in [7, 11) is 0. The fourth-order valence-electron chi connectivity index (χ4n) is 2.22. The number of fused-ring (bicyclic) bond motifs is 1. The normalized spacial score (nSPS) is 11.1. The summed E-state index contributed by atoms with van der Waals surface area (Å²) in [6.07, 6.45) is 0. The number of anilines is 1. The number of benzene rings is 2. The van der Waals surface area contributed by atoms with Crippen molar-refractivity contribution in [3.8, 4) is 5.69 Å². The molecule has 0 radical (unpaired) electrons. The number of nitrogens with two attached hydrogens (primary N) is 1. The zero-order chi connectivity index (χ0) is 13.6. The van der Waals surface area contributed by atoms with E-state index in [2.05, 4.69) is 4.98 Å². The van der Waals surface area contributed by atoms with Gasteiger partial charge in [-0.1, -0.05) is 17.7 Å². The van der Waals surface area contributed by atoms with Crippen LogP contribution in [0.3, 0.4) is 0 Å². The van der Waals surface area contributed by atoms with Crippen molar-refractivity contribution in [3.63, 3.8) is 0 Å². The molecule has 96 valence electrons. The molecule has 3 rings (SSSR count). The molecule has 5 heteroatoms. The number of aromatic nitrogens is 2. The van der Waals surface area contributed by atoms with Crippen LogP contribution >= 0.6 is 11.6 Å². The van der Waals surface area contributed by atoms with E-state index in [1.165, 1.54) is 12.1 Å². The van der Waals surface area contributed by atoms with Crippen LogP contribution in [0.25, 0.3) is 16.7 Å². The highest BCUT2D eigenvalue weighted by Gasteiger charge is 2.14. The second-order valence-electron chi connectivity index (χ2n) is 4.34. The molecular weight excluding hydrogens is 265 g/mol. The van der Waals surface area contributed by atoms with Crippen molar-refractivity contribution in [1.29, 1.82) is 0 Å². The van der Waals surface area contributed by atoms with Crippen molar-refractivity contribution in [3.05, 3.63) is 52.8 Å². The van der Waals surface area contributed by atoms with Gasteiger partial charge in [-0.05, 0) is 42.8 Å². The number of rotatable bonds is 1. The predicted molar refractivity (Wildman–Crippen MR) is 75.2 cm³/mol. The van der Waals surface area contributed by atoms with Gasteiger partial charge in [0.25, 0.3) is 0 Å². The van der Waals surface area contributed by atoms with E-state index in [4.69, 9.17) is 17.3 Å². The van der Waals surface area contributed by atoms with Crippen molar-refractivity contribution in [2.24, 2.45) is 0 Å². The molecule has 19 heavy (non-hydrogen) atoms. The Labute approximate surface area is 114 Å². The quantitative estimate of drug-likeness (QED) is 0.736. The minimum atomic E-state index is -0.282. The van der Waals surface area contributed by atoms with Crippen molar-refractivity contribution in [2.75, 3.05) is 5.73 Å². The maximum absolute atomic E-state index is 13.2. The largest absolute Gasteiger partial charge is 0.369 e. The Hall–Kier alpha value is -2.07. The molecule has 1 heterocycles. The predicted octanol–water partition coefficient (Wildman–Crippen LogP) is 3.71. The third kappa shape index (κ3) is 1.85. The molecule has 0 atom stereocenters. The molecule has 0 fully saturated rings. The Bertz CT molecular complexity index is 780. The molecule has 3 nitrogen and oxygen atoms in total. The summed E-state index contributed by atoms with van der Waals surface area (Å²) in [5, 5.41) is 0.561. The van der Waals surface area contributed by atoms with E-state index in [-0.39, 0.29) is 5.82 Å². The van der Waals surface area contributed by atoms with E-state index in [0.717, 1.165) is 16.8 Å². The van der Waals surface area contributed by atoms with Gasteiger partial charge in [0.15, 0.2) is 0 Å². The summed E-state index contributed by atoms with van der Waals surface area (Å²) in [5.74, 6) is 0.0492. The molecule has 0 aliphatic carbocycles. The molecule has 0 saturated heterocycles. The molecular formula is C14H11ClFN3. The highest BCUT2D eigenvalue weighted by atomic mass is 35.5. The zero-order valence-electron chi connectivity index (χ0n) is 10.2. The topological polar surface area (TPSA) is 43.8 Å². The monoisotopic (exact) mass is 275 g/mol. The van der Waals surface area contributed by atoms with Crippen molar-refractivity contribution in [2.45, 2.75) is 6.92 Å². The van der Waals surface area contributed by atoms with Crippen molar-refractivity contribution >= 4 is 28.6 Å². The average molecular weight is 276 g/mol. The van der Waals surface area contributed by atoms with Crippen LogP contribution in [0.15, 0.2) is 36.4 Å². The third-order valence-electron chi connectivity index (χ3n) is 3.05. The molecule has 2 aromatic carbocycles. The van der Waals surface area contributed by atoms with Crippen LogP contribution in [0, 0.1) is 12.7 Å². The molecule has 0 unspecified atom stereocenters. The number of halogens is 2. The number of nitrogen functional groups attached to an aromatic ring is 1. The van der Waals surface area contributed by atoms with E-state index in [0.29, 0.717) is 16.5 Å². The standard InChI is InChI=1S/C14H11ClFN3/c1-8-7-9(16)5-6-12(8)19-13-10(15)3-2-4-11(13)18-14(19)17/h2-7H,1H3,(H2,17,18). The molecule has 0 aliphatic heterocycles. The summed E-state index contributed by atoms with van der Waals surface area (Å²) in [6.45, 7) is 1.82. The highest BCUT2D eigenvalue weighted by Crippen LogP contribution is 2.30. The van der Waals surface area contributed by atoms with Crippen LogP contribution in [-0.2, 0) is 0 Å². The summed E-state index contributed by atoms with van der Waals surface area (Å²) in [6, 6.07) is 9.96. The van der Waals surface area contributed by atoms with Gasteiger partial charge < -0.3 is 5.73 Å². The van der Waals surface area contributed by atoms with Gasteiger partial charge in [-0.3, -0.25) is 4.57 Å². The minimum absolute atomic E-state index is 0.282. The number of hydrogen-bond donors (Lipinski definition) is 1. The highest BCUT2D eigenvalue weighted by molar-refractivity contribution is 6.35. The van der Waals surface area contributed by atoms with Gasteiger partial charge in [0.2, 0.25) is 5.95 Å². The van der Waals surface area contributed by atoms with Crippen LogP contribution < -0.4 is 5.73 Å². The maximum Gasteiger partial charge on any atom is 0.205 e. The Kier molecular flexibility index (Phi) is 2.68.